The summed E-state index contributed by atoms with van der Waals surface area (Å²) in [6.45, 7) is 2.79. The standard InChI is InChI=1S/C22H30N4O2.2ClH/c1-25(2)20-6-4-17(5-7-20)18-14-19(16-24-15-18)22(27)26-11-8-21(9-12-26)28-13-3-10-23;;/h4-7,14-16,21H,3,8-13,23H2,1-2H3;2*1H. The van der Waals surface area contributed by atoms with Crippen LogP contribution in [0, 0.1) is 0 Å². The number of hydrogen-bond donors (Lipinski definition) is 1. The molecule has 0 unspecified atom stereocenters. The molecular weight excluding hydrogens is 423 g/mol. The summed E-state index contributed by atoms with van der Waals surface area (Å²) in [5.74, 6) is 0.0414. The lowest BCUT2D eigenvalue weighted by atomic mass is 10.0. The second-order valence-corrected chi connectivity index (χ2v) is 7.41. The van der Waals surface area contributed by atoms with Gasteiger partial charge in [-0.05, 0) is 49.6 Å². The SMILES string of the molecule is CN(C)c1ccc(-c2cncc(C(=O)N3CCC(OCCCN)CC3)c2)cc1.Cl.Cl. The largest absolute Gasteiger partial charge is 0.378 e. The summed E-state index contributed by atoms with van der Waals surface area (Å²) in [5.41, 5.74) is 9.29. The number of anilines is 1. The number of pyridine rings is 1. The van der Waals surface area contributed by atoms with E-state index in [4.69, 9.17) is 10.5 Å². The minimum Gasteiger partial charge on any atom is -0.378 e. The van der Waals surface area contributed by atoms with Crippen LogP contribution in [0.4, 0.5) is 5.69 Å². The number of aromatic nitrogens is 1. The van der Waals surface area contributed by atoms with Crippen molar-refractivity contribution in [2.75, 3.05) is 45.2 Å². The van der Waals surface area contributed by atoms with Gasteiger partial charge < -0.3 is 20.3 Å². The van der Waals surface area contributed by atoms with E-state index in [0.29, 0.717) is 31.8 Å². The highest BCUT2D eigenvalue weighted by Crippen LogP contribution is 2.24. The Morgan fingerprint density at radius 1 is 1.13 bits per heavy atom. The van der Waals surface area contributed by atoms with E-state index in [2.05, 4.69) is 34.1 Å². The normalized spacial score (nSPS) is 13.9. The molecule has 0 bridgehead atoms. The van der Waals surface area contributed by atoms with Crippen LogP contribution in [0.25, 0.3) is 11.1 Å². The molecule has 0 atom stereocenters. The molecule has 2 aromatic rings. The summed E-state index contributed by atoms with van der Waals surface area (Å²) in [6, 6.07) is 10.2. The number of nitrogens with two attached hydrogens (primary N) is 1. The number of hydrogen-bond acceptors (Lipinski definition) is 5. The number of ether oxygens (including phenoxy) is 1. The lowest BCUT2D eigenvalue weighted by molar-refractivity contribution is 0.00844. The third-order valence-corrected chi connectivity index (χ3v) is 5.13. The molecule has 0 saturated carbocycles. The van der Waals surface area contributed by atoms with E-state index in [1.165, 1.54) is 0 Å². The molecule has 1 aliphatic heterocycles. The first-order chi connectivity index (χ1) is 13.6. The number of amides is 1. The Morgan fingerprint density at radius 2 is 1.80 bits per heavy atom. The Kier molecular flexibility index (Phi) is 11.1. The fourth-order valence-corrected chi connectivity index (χ4v) is 3.41. The van der Waals surface area contributed by atoms with Gasteiger partial charge in [0.15, 0.2) is 0 Å². The van der Waals surface area contributed by atoms with Crippen molar-refractivity contribution in [3.05, 3.63) is 48.3 Å². The number of benzene rings is 1. The maximum absolute atomic E-state index is 12.9. The van der Waals surface area contributed by atoms with Crippen LogP contribution in [-0.4, -0.2) is 62.2 Å². The molecule has 1 aromatic heterocycles. The molecule has 3 rings (SSSR count). The van der Waals surface area contributed by atoms with E-state index >= 15 is 0 Å². The van der Waals surface area contributed by atoms with Crippen LogP contribution in [0.5, 0.6) is 0 Å². The van der Waals surface area contributed by atoms with E-state index in [-0.39, 0.29) is 36.8 Å². The Labute approximate surface area is 191 Å². The predicted octanol–water partition coefficient (Wildman–Crippen LogP) is 3.63. The van der Waals surface area contributed by atoms with E-state index < -0.39 is 0 Å². The van der Waals surface area contributed by atoms with Crippen LogP contribution in [-0.2, 0) is 4.74 Å². The van der Waals surface area contributed by atoms with Crippen molar-refractivity contribution < 1.29 is 9.53 Å². The number of likely N-dealkylation sites (tertiary alicyclic amines) is 1. The zero-order valence-corrected chi connectivity index (χ0v) is 19.3. The molecule has 2 heterocycles. The van der Waals surface area contributed by atoms with Gasteiger partial charge in [-0.25, -0.2) is 0 Å². The van der Waals surface area contributed by atoms with Crippen LogP contribution < -0.4 is 10.6 Å². The van der Waals surface area contributed by atoms with Gasteiger partial charge in [0.1, 0.15) is 0 Å². The van der Waals surface area contributed by atoms with Crippen molar-refractivity contribution in [2.45, 2.75) is 25.4 Å². The topological polar surface area (TPSA) is 71.7 Å². The first kappa shape index (κ1) is 26.2. The van der Waals surface area contributed by atoms with Crippen molar-refractivity contribution in [2.24, 2.45) is 5.73 Å². The van der Waals surface area contributed by atoms with E-state index in [1.54, 1.807) is 12.4 Å². The molecule has 1 amide bonds. The van der Waals surface area contributed by atoms with Gasteiger partial charge in [0.05, 0.1) is 11.7 Å². The third kappa shape index (κ3) is 6.84. The van der Waals surface area contributed by atoms with Gasteiger partial charge in [-0.2, -0.15) is 0 Å². The second-order valence-electron chi connectivity index (χ2n) is 7.41. The third-order valence-electron chi connectivity index (χ3n) is 5.13. The molecule has 1 saturated heterocycles. The maximum Gasteiger partial charge on any atom is 0.255 e. The molecule has 8 heteroatoms. The number of piperidine rings is 1. The molecule has 0 radical (unpaired) electrons. The molecular formula is C22H32Cl2N4O2. The van der Waals surface area contributed by atoms with Crippen molar-refractivity contribution in [3.8, 4) is 11.1 Å². The molecule has 1 aromatic carbocycles. The summed E-state index contributed by atoms with van der Waals surface area (Å²) < 4.78 is 5.83. The molecule has 166 valence electrons. The van der Waals surface area contributed by atoms with Crippen molar-refractivity contribution >= 4 is 36.4 Å². The fraction of sp³-hybridized carbons (Fsp3) is 0.455. The molecule has 1 aliphatic rings. The minimum atomic E-state index is 0. The van der Waals surface area contributed by atoms with Crippen LogP contribution in [0.3, 0.4) is 0 Å². The average molecular weight is 455 g/mol. The number of rotatable bonds is 7. The summed E-state index contributed by atoms with van der Waals surface area (Å²) in [5, 5.41) is 0. The highest BCUT2D eigenvalue weighted by Gasteiger charge is 2.24. The van der Waals surface area contributed by atoms with E-state index in [1.807, 2.05) is 25.1 Å². The molecule has 2 N–H and O–H groups in total. The van der Waals surface area contributed by atoms with Crippen LogP contribution in [0.1, 0.15) is 29.6 Å². The van der Waals surface area contributed by atoms with Crippen molar-refractivity contribution in [3.63, 3.8) is 0 Å². The van der Waals surface area contributed by atoms with E-state index in [9.17, 15) is 4.79 Å². The number of halogens is 2. The smallest absolute Gasteiger partial charge is 0.255 e. The Morgan fingerprint density at radius 3 is 2.40 bits per heavy atom. The first-order valence-corrected chi connectivity index (χ1v) is 9.92. The summed E-state index contributed by atoms with van der Waals surface area (Å²) in [7, 11) is 4.03. The first-order valence-electron chi connectivity index (χ1n) is 9.92. The second kappa shape index (κ2) is 12.7. The van der Waals surface area contributed by atoms with Crippen molar-refractivity contribution in [1.29, 1.82) is 0 Å². The molecule has 0 aliphatic carbocycles. The summed E-state index contributed by atoms with van der Waals surface area (Å²) >= 11 is 0. The van der Waals surface area contributed by atoms with Crippen LogP contribution in [0.2, 0.25) is 0 Å². The number of nitrogens with zero attached hydrogens (tertiary/aromatic N) is 3. The predicted molar refractivity (Wildman–Crippen MR) is 127 cm³/mol. The number of carbonyl (C=O) groups is 1. The van der Waals surface area contributed by atoms with Gasteiger partial charge >= 0.3 is 0 Å². The Bertz CT molecular complexity index is 779. The summed E-state index contributed by atoms with van der Waals surface area (Å²) in [4.78, 5) is 21.2. The Balaban J connectivity index is 0.00000225. The van der Waals surface area contributed by atoms with Gasteiger partial charge in [0.25, 0.3) is 5.91 Å². The molecule has 6 nitrogen and oxygen atoms in total. The lowest BCUT2D eigenvalue weighted by Crippen LogP contribution is -2.41. The molecule has 0 spiro atoms. The highest BCUT2D eigenvalue weighted by molar-refractivity contribution is 5.95. The minimum absolute atomic E-state index is 0. The average Bonchev–Trinajstić information content (AvgIpc) is 2.74. The van der Waals surface area contributed by atoms with Gasteiger partial charge in [-0.1, -0.05) is 12.1 Å². The van der Waals surface area contributed by atoms with Crippen LogP contribution >= 0.6 is 24.8 Å². The van der Waals surface area contributed by atoms with Gasteiger partial charge in [0.2, 0.25) is 0 Å². The Hall–Kier alpha value is -1.86. The lowest BCUT2D eigenvalue weighted by Gasteiger charge is -2.32. The van der Waals surface area contributed by atoms with E-state index in [0.717, 1.165) is 36.1 Å². The molecule has 1 fully saturated rings. The zero-order chi connectivity index (χ0) is 19.9. The zero-order valence-electron chi connectivity index (χ0n) is 17.6. The summed E-state index contributed by atoms with van der Waals surface area (Å²) in [6.07, 6.45) is 6.32. The van der Waals surface area contributed by atoms with Gasteiger partial charge in [-0.3, -0.25) is 9.78 Å². The monoisotopic (exact) mass is 454 g/mol. The van der Waals surface area contributed by atoms with Gasteiger partial charge in [0, 0.05) is 57.4 Å². The van der Waals surface area contributed by atoms with Crippen LogP contribution in [0.15, 0.2) is 42.7 Å². The van der Waals surface area contributed by atoms with Crippen molar-refractivity contribution in [1.82, 2.24) is 9.88 Å². The fourth-order valence-electron chi connectivity index (χ4n) is 3.41. The maximum atomic E-state index is 12.9. The number of carbonyl (C=O) groups excluding carboxylic acids is 1. The molecule has 30 heavy (non-hydrogen) atoms. The quantitative estimate of drug-likeness (QED) is 0.646. The van der Waals surface area contributed by atoms with Gasteiger partial charge in [-0.15, -0.1) is 24.8 Å². The highest BCUT2D eigenvalue weighted by atomic mass is 35.5.